The minimum atomic E-state index is -1.87. The van der Waals surface area contributed by atoms with Crippen LogP contribution in [0, 0.1) is 6.92 Å². The van der Waals surface area contributed by atoms with Crippen molar-refractivity contribution in [3.8, 4) is 0 Å². The number of alkyl halides is 1. The van der Waals surface area contributed by atoms with Crippen molar-refractivity contribution in [2.45, 2.75) is 51.2 Å². The number of nitrogens with zero attached hydrogens (tertiary/aromatic N) is 6. The van der Waals surface area contributed by atoms with Crippen molar-refractivity contribution < 1.29 is 23.1 Å². The molecule has 0 bridgehead atoms. The number of likely N-dealkylation sites (tertiary alicyclic amines) is 2. The van der Waals surface area contributed by atoms with Crippen LogP contribution in [0.15, 0.2) is 18.6 Å². The molecule has 2 amide bonds. The molecular formula is C22H29F2N7O3. The van der Waals surface area contributed by atoms with E-state index in [4.69, 9.17) is 4.74 Å². The van der Waals surface area contributed by atoms with E-state index in [1.807, 2.05) is 6.92 Å². The van der Waals surface area contributed by atoms with Crippen LogP contribution in [0.1, 0.15) is 44.0 Å². The number of rotatable bonds is 6. The second-order valence-electron chi connectivity index (χ2n) is 9.26. The number of carbonyl (C=O) groups is 2. The molecule has 10 nitrogen and oxygen atoms in total. The van der Waals surface area contributed by atoms with Crippen LogP contribution in [0.5, 0.6) is 0 Å². The molecule has 184 valence electrons. The maximum absolute atomic E-state index is 14.6. The highest BCUT2D eigenvalue weighted by atomic mass is 19.1. The van der Waals surface area contributed by atoms with Gasteiger partial charge in [-0.3, -0.25) is 4.79 Å². The summed E-state index contributed by atoms with van der Waals surface area (Å²) in [5.74, 6) is -0.549. The molecule has 0 unspecified atom stereocenters. The van der Waals surface area contributed by atoms with Crippen molar-refractivity contribution in [2.24, 2.45) is 0 Å². The fourth-order valence-electron chi connectivity index (χ4n) is 4.22. The third-order valence-corrected chi connectivity index (χ3v) is 6.14. The summed E-state index contributed by atoms with van der Waals surface area (Å²) in [4.78, 5) is 35.4. The third-order valence-electron chi connectivity index (χ3n) is 6.14. The second-order valence-corrected chi connectivity index (χ2v) is 9.26. The third kappa shape index (κ3) is 4.80. The van der Waals surface area contributed by atoms with Gasteiger partial charge in [-0.05, 0) is 25.7 Å². The molecule has 12 heteroatoms. The molecule has 0 radical (unpaired) electrons. The van der Waals surface area contributed by atoms with Crippen molar-refractivity contribution in [3.05, 3.63) is 30.0 Å². The van der Waals surface area contributed by atoms with Gasteiger partial charge in [-0.15, -0.1) is 0 Å². The Morgan fingerprint density at radius 2 is 1.94 bits per heavy atom. The minimum Gasteiger partial charge on any atom is -0.446 e. The molecule has 2 aliphatic heterocycles. The first-order chi connectivity index (χ1) is 16.1. The number of hydrogen-bond acceptors (Lipinski definition) is 7. The first-order valence-corrected chi connectivity index (χ1v) is 11.3. The maximum Gasteiger partial charge on any atom is 0.409 e. The molecule has 0 atom stereocenters. The molecular weight excluding hydrogens is 448 g/mol. The lowest BCUT2D eigenvalue weighted by atomic mass is 9.97. The zero-order valence-electron chi connectivity index (χ0n) is 19.6. The van der Waals surface area contributed by atoms with E-state index < -0.39 is 30.1 Å². The molecule has 0 saturated carbocycles. The van der Waals surface area contributed by atoms with Gasteiger partial charge < -0.3 is 19.9 Å². The SMILES string of the molecule is C=C(F)C(=O)N1CC(F)(COC(=O)N2CCC(Nc3nc(C)nc4c(C(C)C)cnn34)CC2)C1. The summed E-state index contributed by atoms with van der Waals surface area (Å²) >= 11 is 0. The van der Waals surface area contributed by atoms with Crippen LogP contribution >= 0.6 is 0 Å². The van der Waals surface area contributed by atoms with Gasteiger partial charge in [0.2, 0.25) is 5.95 Å². The van der Waals surface area contributed by atoms with Gasteiger partial charge in [-0.2, -0.15) is 14.6 Å². The molecule has 0 spiro atoms. The zero-order valence-corrected chi connectivity index (χ0v) is 19.6. The predicted molar refractivity (Wildman–Crippen MR) is 120 cm³/mol. The molecule has 2 fully saturated rings. The Bertz CT molecular complexity index is 1110. The van der Waals surface area contributed by atoms with Gasteiger partial charge in [0.15, 0.2) is 17.1 Å². The van der Waals surface area contributed by atoms with Gasteiger partial charge in [-0.25, -0.2) is 18.6 Å². The van der Waals surface area contributed by atoms with E-state index in [0.717, 1.165) is 16.1 Å². The van der Waals surface area contributed by atoms with Crippen LogP contribution in [0.3, 0.4) is 0 Å². The van der Waals surface area contributed by atoms with E-state index in [9.17, 15) is 18.4 Å². The number of aromatic nitrogens is 4. The highest BCUT2D eigenvalue weighted by molar-refractivity contribution is 5.91. The summed E-state index contributed by atoms with van der Waals surface area (Å²) in [7, 11) is 0. The second kappa shape index (κ2) is 9.15. The van der Waals surface area contributed by atoms with Crippen LogP contribution in [-0.2, 0) is 9.53 Å². The molecule has 4 heterocycles. The smallest absolute Gasteiger partial charge is 0.409 e. The Labute approximate surface area is 196 Å². The van der Waals surface area contributed by atoms with Crippen molar-refractivity contribution in [3.63, 3.8) is 0 Å². The summed E-state index contributed by atoms with van der Waals surface area (Å²) in [6.45, 7) is 8.66. The summed E-state index contributed by atoms with van der Waals surface area (Å²) < 4.78 is 34.2. The van der Waals surface area contributed by atoms with Gasteiger partial charge in [0, 0.05) is 24.7 Å². The number of hydrogen-bond donors (Lipinski definition) is 1. The lowest BCUT2D eigenvalue weighted by Gasteiger charge is -2.43. The van der Waals surface area contributed by atoms with Gasteiger partial charge in [0.1, 0.15) is 12.4 Å². The molecule has 2 aliphatic rings. The van der Waals surface area contributed by atoms with Crippen molar-refractivity contribution >= 4 is 23.6 Å². The van der Waals surface area contributed by atoms with Gasteiger partial charge in [-0.1, -0.05) is 20.4 Å². The van der Waals surface area contributed by atoms with E-state index in [2.05, 4.69) is 40.8 Å². The molecule has 0 aromatic carbocycles. The zero-order chi connectivity index (χ0) is 24.6. The minimum absolute atomic E-state index is 0.0702. The maximum atomic E-state index is 14.6. The Balaban J connectivity index is 1.27. The van der Waals surface area contributed by atoms with Crippen LogP contribution in [0.25, 0.3) is 5.65 Å². The van der Waals surface area contributed by atoms with E-state index in [0.29, 0.717) is 37.7 Å². The molecule has 2 aromatic heterocycles. The van der Waals surface area contributed by atoms with Crippen LogP contribution in [0.4, 0.5) is 19.5 Å². The number of ether oxygens (including phenoxy) is 1. The molecule has 2 aromatic rings. The number of amides is 2. The molecule has 0 aliphatic carbocycles. The molecule has 1 N–H and O–H groups in total. The first kappa shape index (κ1) is 23.8. The number of carbonyl (C=O) groups excluding carboxylic acids is 2. The summed E-state index contributed by atoms with van der Waals surface area (Å²) in [6.07, 6.45) is 2.50. The van der Waals surface area contributed by atoms with E-state index in [1.165, 1.54) is 4.90 Å². The summed E-state index contributed by atoms with van der Waals surface area (Å²) in [6, 6.07) is 0.0702. The van der Waals surface area contributed by atoms with Crippen molar-refractivity contribution in [1.29, 1.82) is 0 Å². The van der Waals surface area contributed by atoms with E-state index in [1.54, 1.807) is 10.7 Å². The van der Waals surface area contributed by atoms with E-state index >= 15 is 0 Å². The first-order valence-electron chi connectivity index (χ1n) is 11.3. The fraction of sp³-hybridized carbons (Fsp3) is 0.591. The Morgan fingerprint density at radius 3 is 2.56 bits per heavy atom. The average Bonchev–Trinajstić information content (AvgIpc) is 3.19. The average molecular weight is 478 g/mol. The molecule has 2 saturated heterocycles. The molecule has 4 rings (SSSR count). The van der Waals surface area contributed by atoms with Gasteiger partial charge in [0.05, 0.1) is 19.3 Å². The predicted octanol–water partition coefficient (Wildman–Crippen LogP) is 2.60. The van der Waals surface area contributed by atoms with Gasteiger partial charge in [0.25, 0.3) is 5.91 Å². The fourth-order valence-corrected chi connectivity index (χ4v) is 4.22. The normalized spacial score (nSPS) is 18.2. The Morgan fingerprint density at radius 1 is 1.26 bits per heavy atom. The van der Waals surface area contributed by atoms with Crippen LogP contribution in [-0.4, -0.2) is 85.9 Å². The Kier molecular flexibility index (Phi) is 6.41. The number of anilines is 1. The van der Waals surface area contributed by atoms with Crippen molar-refractivity contribution in [2.75, 3.05) is 38.1 Å². The van der Waals surface area contributed by atoms with Crippen LogP contribution in [0.2, 0.25) is 0 Å². The highest BCUT2D eigenvalue weighted by Gasteiger charge is 2.47. The number of aryl methyl sites for hydroxylation is 1. The lowest BCUT2D eigenvalue weighted by Crippen LogP contribution is -2.63. The highest BCUT2D eigenvalue weighted by Crippen LogP contribution is 2.28. The summed E-state index contributed by atoms with van der Waals surface area (Å²) in [5, 5.41) is 7.85. The topological polar surface area (TPSA) is 105 Å². The number of piperidine rings is 1. The lowest BCUT2D eigenvalue weighted by molar-refractivity contribution is -0.146. The van der Waals surface area contributed by atoms with Crippen LogP contribution < -0.4 is 5.32 Å². The quantitative estimate of drug-likeness (QED) is 0.638. The number of fused-ring (bicyclic) bond motifs is 1. The number of halogens is 2. The summed E-state index contributed by atoms with van der Waals surface area (Å²) in [5.41, 5.74) is -0.0428. The standard InChI is InChI=1S/C22H29F2N7O3/c1-13(2)17-9-25-31-18(17)26-15(4)27-20(31)28-16-5-7-29(8-6-16)21(33)34-12-22(24)10-30(11-22)19(32)14(3)23/h9,13,16H,3,5-8,10-12H2,1-2,4H3,(H,26,27,28). The van der Waals surface area contributed by atoms with E-state index in [-0.39, 0.29) is 25.0 Å². The monoisotopic (exact) mass is 477 g/mol. The molecule has 34 heavy (non-hydrogen) atoms. The Hall–Kier alpha value is -3.31. The number of nitrogens with one attached hydrogen (secondary N) is 1. The van der Waals surface area contributed by atoms with Crippen molar-refractivity contribution in [1.82, 2.24) is 29.4 Å². The largest absolute Gasteiger partial charge is 0.446 e. The van der Waals surface area contributed by atoms with Gasteiger partial charge >= 0.3 is 6.09 Å².